The number of benzene rings is 2. The standard InChI is InChI=1S/C19H9Cl2F3N2/c1-2-12-3-5-13(6-4-12)9-18(10-25,11-26)17-15(20)7-14(8-16(17)21)19(22,23)24/h1,3-8H,9H2. The summed E-state index contributed by atoms with van der Waals surface area (Å²) in [7, 11) is 0. The second-order valence-electron chi connectivity index (χ2n) is 5.46. The van der Waals surface area contributed by atoms with Gasteiger partial charge < -0.3 is 0 Å². The molecule has 0 unspecified atom stereocenters. The summed E-state index contributed by atoms with van der Waals surface area (Å²) in [5, 5.41) is 18.5. The largest absolute Gasteiger partial charge is 0.416 e. The normalized spacial score (nSPS) is 11.3. The molecule has 26 heavy (non-hydrogen) atoms. The monoisotopic (exact) mass is 392 g/mol. The van der Waals surface area contributed by atoms with Crippen molar-refractivity contribution in [2.24, 2.45) is 0 Å². The highest BCUT2D eigenvalue weighted by molar-refractivity contribution is 6.36. The van der Waals surface area contributed by atoms with E-state index in [4.69, 9.17) is 29.6 Å². The lowest BCUT2D eigenvalue weighted by Crippen LogP contribution is -2.26. The average molecular weight is 393 g/mol. The zero-order valence-electron chi connectivity index (χ0n) is 13.0. The van der Waals surface area contributed by atoms with Crippen molar-refractivity contribution in [1.29, 1.82) is 10.5 Å². The van der Waals surface area contributed by atoms with Gasteiger partial charge in [-0.3, -0.25) is 0 Å². The van der Waals surface area contributed by atoms with Gasteiger partial charge in [0, 0.05) is 27.6 Å². The van der Waals surface area contributed by atoms with Crippen LogP contribution in [0.15, 0.2) is 36.4 Å². The molecule has 2 rings (SSSR count). The first kappa shape index (κ1) is 19.7. The molecule has 0 aromatic heterocycles. The fourth-order valence-electron chi connectivity index (χ4n) is 2.47. The van der Waals surface area contributed by atoms with Gasteiger partial charge in [0.05, 0.1) is 17.7 Å². The minimum Gasteiger partial charge on any atom is -0.196 e. The van der Waals surface area contributed by atoms with Crippen LogP contribution in [-0.2, 0) is 18.0 Å². The molecule has 130 valence electrons. The van der Waals surface area contributed by atoms with Crippen molar-refractivity contribution in [2.45, 2.75) is 18.0 Å². The molecular weight excluding hydrogens is 384 g/mol. The van der Waals surface area contributed by atoms with E-state index in [1.807, 2.05) is 12.1 Å². The highest BCUT2D eigenvalue weighted by atomic mass is 35.5. The van der Waals surface area contributed by atoms with Gasteiger partial charge in [0.15, 0.2) is 5.41 Å². The molecule has 0 aliphatic carbocycles. The first-order valence-electron chi connectivity index (χ1n) is 7.11. The number of terminal acetylenes is 1. The maximum Gasteiger partial charge on any atom is 0.416 e. The van der Waals surface area contributed by atoms with Gasteiger partial charge in [0.2, 0.25) is 0 Å². The van der Waals surface area contributed by atoms with Crippen molar-refractivity contribution in [2.75, 3.05) is 0 Å². The third-order valence-electron chi connectivity index (χ3n) is 3.77. The first-order valence-corrected chi connectivity index (χ1v) is 7.87. The summed E-state index contributed by atoms with van der Waals surface area (Å²) in [5.41, 5.74) is -1.87. The minimum absolute atomic E-state index is 0.115. The number of hydrogen-bond acceptors (Lipinski definition) is 2. The number of nitrogens with zero attached hydrogens (tertiary/aromatic N) is 2. The van der Waals surface area contributed by atoms with Crippen LogP contribution >= 0.6 is 23.2 Å². The van der Waals surface area contributed by atoms with Crippen molar-refractivity contribution in [3.05, 3.63) is 68.7 Å². The molecule has 2 nitrogen and oxygen atoms in total. The maximum atomic E-state index is 12.9. The summed E-state index contributed by atoms with van der Waals surface area (Å²) in [5.74, 6) is 2.44. The fraction of sp³-hybridized carbons (Fsp3) is 0.158. The molecule has 7 heteroatoms. The van der Waals surface area contributed by atoms with Gasteiger partial charge >= 0.3 is 6.18 Å². The van der Waals surface area contributed by atoms with Crippen molar-refractivity contribution in [3.8, 4) is 24.5 Å². The smallest absolute Gasteiger partial charge is 0.196 e. The third-order valence-corrected chi connectivity index (χ3v) is 4.36. The van der Waals surface area contributed by atoms with Gasteiger partial charge in [-0.05, 0) is 29.8 Å². The zero-order chi connectivity index (χ0) is 19.5. The van der Waals surface area contributed by atoms with Crippen LogP contribution in [0.5, 0.6) is 0 Å². The van der Waals surface area contributed by atoms with Gasteiger partial charge in [0.1, 0.15) is 0 Å². The first-order chi connectivity index (χ1) is 12.2. The summed E-state index contributed by atoms with van der Waals surface area (Å²) in [6, 6.07) is 11.5. The Labute approximate surface area is 158 Å². The predicted octanol–water partition coefficient (Wildman–Crippen LogP) is 5.52. The average Bonchev–Trinajstić information content (AvgIpc) is 2.60. The van der Waals surface area contributed by atoms with Crippen LogP contribution in [-0.4, -0.2) is 0 Å². The molecule has 0 atom stereocenters. The number of halogens is 5. The second-order valence-corrected chi connectivity index (χ2v) is 6.27. The van der Waals surface area contributed by atoms with E-state index in [2.05, 4.69) is 5.92 Å². The van der Waals surface area contributed by atoms with Gasteiger partial charge in [-0.2, -0.15) is 23.7 Å². The molecule has 0 spiro atoms. The number of rotatable bonds is 3. The van der Waals surface area contributed by atoms with Crippen molar-refractivity contribution >= 4 is 23.2 Å². The minimum atomic E-state index is -4.65. The summed E-state index contributed by atoms with van der Waals surface area (Å²) >= 11 is 12.0. The van der Waals surface area contributed by atoms with Crippen LogP contribution in [0.2, 0.25) is 10.0 Å². The Morgan fingerprint density at radius 2 is 1.46 bits per heavy atom. The number of alkyl halides is 3. The van der Waals surface area contributed by atoms with E-state index in [1.54, 1.807) is 24.3 Å². The van der Waals surface area contributed by atoms with Crippen LogP contribution < -0.4 is 0 Å². The molecule has 0 aliphatic heterocycles. The maximum absolute atomic E-state index is 12.9. The van der Waals surface area contributed by atoms with Gasteiger partial charge in [-0.15, -0.1) is 6.42 Å². The quantitative estimate of drug-likeness (QED) is 0.645. The van der Waals surface area contributed by atoms with E-state index < -0.39 is 27.2 Å². The predicted molar refractivity (Wildman–Crippen MR) is 92.4 cm³/mol. The summed E-state index contributed by atoms with van der Waals surface area (Å²) in [6.07, 6.45) is 0.509. The molecule has 0 radical (unpaired) electrons. The van der Waals surface area contributed by atoms with Crippen molar-refractivity contribution < 1.29 is 13.2 Å². The van der Waals surface area contributed by atoms with Crippen LogP contribution in [0.25, 0.3) is 0 Å². The van der Waals surface area contributed by atoms with Crippen LogP contribution in [0.1, 0.15) is 22.3 Å². The second kappa shape index (κ2) is 7.30. The molecule has 0 amide bonds. The molecule has 2 aromatic rings. The molecule has 0 N–H and O–H groups in total. The van der Waals surface area contributed by atoms with E-state index in [-0.39, 0.29) is 12.0 Å². The summed E-state index contributed by atoms with van der Waals surface area (Å²) in [4.78, 5) is 0. The Morgan fingerprint density at radius 3 is 1.85 bits per heavy atom. The summed E-state index contributed by atoms with van der Waals surface area (Å²) in [6.45, 7) is 0. The van der Waals surface area contributed by atoms with E-state index >= 15 is 0 Å². The molecule has 0 aliphatic rings. The molecule has 0 fully saturated rings. The Morgan fingerprint density at radius 1 is 0.962 bits per heavy atom. The Kier molecular flexibility index (Phi) is 5.53. The van der Waals surface area contributed by atoms with Gasteiger partial charge in [-0.25, -0.2) is 0 Å². The fourth-order valence-corrected chi connectivity index (χ4v) is 3.28. The molecule has 2 aromatic carbocycles. The Hall–Kier alpha value is -2.65. The number of hydrogen-bond donors (Lipinski definition) is 0. The highest BCUT2D eigenvalue weighted by Gasteiger charge is 2.39. The molecule has 0 heterocycles. The number of nitriles is 2. The van der Waals surface area contributed by atoms with E-state index in [1.165, 1.54) is 0 Å². The van der Waals surface area contributed by atoms with E-state index in [9.17, 15) is 23.7 Å². The topological polar surface area (TPSA) is 47.6 Å². The molecular formula is C19H9Cl2F3N2. The molecule has 0 saturated heterocycles. The van der Waals surface area contributed by atoms with Crippen molar-refractivity contribution in [3.63, 3.8) is 0 Å². The highest BCUT2D eigenvalue weighted by Crippen LogP contribution is 2.42. The third kappa shape index (κ3) is 3.78. The van der Waals surface area contributed by atoms with E-state index in [0.717, 1.165) is 0 Å². The Balaban J connectivity index is 2.58. The lowest BCUT2D eigenvalue weighted by molar-refractivity contribution is -0.137. The van der Waals surface area contributed by atoms with Crippen molar-refractivity contribution in [1.82, 2.24) is 0 Å². The van der Waals surface area contributed by atoms with E-state index in [0.29, 0.717) is 23.3 Å². The van der Waals surface area contributed by atoms with Gasteiger partial charge in [-0.1, -0.05) is 41.3 Å². The SMILES string of the molecule is C#Cc1ccc(CC(C#N)(C#N)c2c(Cl)cc(C(F)(F)F)cc2Cl)cc1. The lowest BCUT2D eigenvalue weighted by atomic mass is 9.77. The van der Waals surface area contributed by atoms with Crippen LogP contribution in [0.4, 0.5) is 13.2 Å². The molecule has 0 bridgehead atoms. The van der Waals surface area contributed by atoms with Crippen LogP contribution in [0, 0.1) is 35.0 Å². The summed E-state index contributed by atoms with van der Waals surface area (Å²) < 4.78 is 38.7. The van der Waals surface area contributed by atoms with Crippen LogP contribution in [0.3, 0.4) is 0 Å². The zero-order valence-corrected chi connectivity index (χ0v) is 14.5. The lowest BCUT2D eigenvalue weighted by Gasteiger charge is -2.23. The molecule has 0 saturated carbocycles. The Bertz CT molecular complexity index is 922. The van der Waals surface area contributed by atoms with Gasteiger partial charge in [0.25, 0.3) is 0 Å².